The Morgan fingerprint density at radius 1 is 1.06 bits per heavy atom. The van der Waals surface area contributed by atoms with Gasteiger partial charge in [-0.2, -0.15) is 0 Å². The van der Waals surface area contributed by atoms with Crippen LogP contribution in [0.15, 0.2) is 60.0 Å². The van der Waals surface area contributed by atoms with Crippen LogP contribution in [0.3, 0.4) is 0 Å². The van der Waals surface area contributed by atoms with E-state index in [4.69, 9.17) is 0 Å². The van der Waals surface area contributed by atoms with E-state index in [9.17, 15) is 9.59 Å². The van der Waals surface area contributed by atoms with Crippen molar-refractivity contribution in [2.24, 2.45) is 0 Å². The number of hydrogen-bond acceptors (Lipinski definition) is 4. The van der Waals surface area contributed by atoms with Gasteiger partial charge in [-0.3, -0.25) is 9.59 Å². The van der Waals surface area contributed by atoms with Crippen molar-refractivity contribution in [2.45, 2.75) is 45.4 Å². The molecule has 0 saturated heterocycles. The van der Waals surface area contributed by atoms with Gasteiger partial charge in [-0.25, -0.2) is 4.98 Å². The minimum absolute atomic E-state index is 0.00607. The van der Waals surface area contributed by atoms with Gasteiger partial charge in [-0.1, -0.05) is 67.9 Å². The molecule has 2 amide bonds. The summed E-state index contributed by atoms with van der Waals surface area (Å²) in [5.74, 6) is -0.176. The van der Waals surface area contributed by atoms with Crippen molar-refractivity contribution in [3.05, 3.63) is 71.1 Å². The molecule has 6 heteroatoms. The molecule has 0 aliphatic rings. The fourth-order valence-electron chi connectivity index (χ4n) is 3.48. The van der Waals surface area contributed by atoms with E-state index in [1.54, 1.807) is 0 Å². The number of aromatic nitrogens is 1. The summed E-state index contributed by atoms with van der Waals surface area (Å²) in [5, 5.41) is 8.41. The van der Waals surface area contributed by atoms with Crippen LogP contribution in [-0.4, -0.2) is 23.3 Å². The molecule has 0 aliphatic heterocycles. The Kier molecular flexibility index (Phi) is 8.35. The SMILES string of the molecule is CCCC(C(=O)Nc1nc(-c2ccc(CCCNC(C)=O)cc2)cs1)c1ccccc1. The number of nitrogens with zero attached hydrogens (tertiary/aromatic N) is 1. The lowest BCUT2D eigenvalue weighted by molar-refractivity contribution is -0.119. The third kappa shape index (κ3) is 6.76. The van der Waals surface area contributed by atoms with E-state index in [2.05, 4.69) is 46.8 Å². The van der Waals surface area contributed by atoms with Crippen molar-refractivity contribution in [3.8, 4) is 11.3 Å². The number of amides is 2. The van der Waals surface area contributed by atoms with Gasteiger partial charge in [0.25, 0.3) is 0 Å². The molecule has 31 heavy (non-hydrogen) atoms. The number of carbonyl (C=O) groups is 2. The highest BCUT2D eigenvalue weighted by Gasteiger charge is 2.20. The van der Waals surface area contributed by atoms with Crippen LogP contribution in [0.25, 0.3) is 11.3 Å². The zero-order chi connectivity index (χ0) is 22.1. The molecule has 2 aromatic carbocycles. The van der Waals surface area contributed by atoms with Gasteiger partial charge >= 0.3 is 0 Å². The number of hydrogen-bond donors (Lipinski definition) is 2. The average Bonchev–Trinajstić information content (AvgIpc) is 3.24. The van der Waals surface area contributed by atoms with Gasteiger partial charge in [-0.15, -0.1) is 11.3 Å². The predicted molar refractivity (Wildman–Crippen MR) is 127 cm³/mol. The Morgan fingerprint density at radius 3 is 2.48 bits per heavy atom. The fourth-order valence-corrected chi connectivity index (χ4v) is 4.20. The van der Waals surface area contributed by atoms with Gasteiger partial charge in [0.05, 0.1) is 11.6 Å². The van der Waals surface area contributed by atoms with Gasteiger partial charge in [0.15, 0.2) is 5.13 Å². The fraction of sp³-hybridized carbons (Fsp3) is 0.320. The third-order valence-electron chi connectivity index (χ3n) is 5.10. The maximum absolute atomic E-state index is 12.9. The lowest BCUT2D eigenvalue weighted by atomic mass is 9.94. The molecule has 3 aromatic rings. The van der Waals surface area contributed by atoms with E-state index in [-0.39, 0.29) is 17.7 Å². The topological polar surface area (TPSA) is 71.1 Å². The summed E-state index contributed by atoms with van der Waals surface area (Å²) in [7, 11) is 0. The van der Waals surface area contributed by atoms with Crippen molar-refractivity contribution in [1.29, 1.82) is 0 Å². The summed E-state index contributed by atoms with van der Waals surface area (Å²) in [6.07, 6.45) is 3.56. The standard InChI is InChI=1S/C25H29N3O2S/c1-3-8-22(20-10-5-4-6-11-20)24(30)28-25-27-23(17-31-25)21-14-12-19(13-15-21)9-7-16-26-18(2)29/h4-6,10-15,17,22H,3,7-9,16H2,1-2H3,(H,26,29)(H,27,28,30). The van der Waals surface area contributed by atoms with E-state index >= 15 is 0 Å². The molecule has 1 unspecified atom stereocenters. The van der Waals surface area contributed by atoms with E-state index in [0.29, 0.717) is 11.7 Å². The summed E-state index contributed by atoms with van der Waals surface area (Å²) < 4.78 is 0. The van der Waals surface area contributed by atoms with E-state index < -0.39 is 0 Å². The van der Waals surface area contributed by atoms with Gasteiger partial charge in [0.1, 0.15) is 0 Å². The molecule has 0 bridgehead atoms. The summed E-state index contributed by atoms with van der Waals surface area (Å²) in [6.45, 7) is 4.31. The molecule has 0 radical (unpaired) electrons. The molecule has 0 spiro atoms. The Morgan fingerprint density at radius 2 is 1.81 bits per heavy atom. The van der Waals surface area contributed by atoms with Crippen LogP contribution in [0, 0.1) is 0 Å². The lowest BCUT2D eigenvalue weighted by Gasteiger charge is -2.15. The zero-order valence-electron chi connectivity index (χ0n) is 18.1. The van der Waals surface area contributed by atoms with Crippen molar-refractivity contribution < 1.29 is 9.59 Å². The molecule has 0 fully saturated rings. The second-order valence-electron chi connectivity index (χ2n) is 7.56. The van der Waals surface area contributed by atoms with Crippen LogP contribution in [0.5, 0.6) is 0 Å². The van der Waals surface area contributed by atoms with Gasteiger partial charge in [-0.05, 0) is 30.4 Å². The number of benzene rings is 2. The molecule has 1 atom stereocenters. The second kappa shape index (κ2) is 11.4. The van der Waals surface area contributed by atoms with Crippen LogP contribution >= 0.6 is 11.3 Å². The van der Waals surface area contributed by atoms with Crippen LogP contribution in [0.4, 0.5) is 5.13 Å². The number of nitrogens with one attached hydrogen (secondary N) is 2. The molecular weight excluding hydrogens is 406 g/mol. The number of thiazole rings is 1. The highest BCUT2D eigenvalue weighted by molar-refractivity contribution is 7.14. The molecule has 2 N–H and O–H groups in total. The number of anilines is 1. The minimum atomic E-state index is -0.171. The van der Waals surface area contributed by atoms with Crippen molar-refractivity contribution >= 4 is 28.3 Å². The average molecular weight is 436 g/mol. The number of rotatable bonds is 10. The molecule has 1 heterocycles. The van der Waals surface area contributed by atoms with Gasteiger partial charge in [0, 0.05) is 24.4 Å². The predicted octanol–water partition coefficient (Wildman–Crippen LogP) is 5.40. The summed E-state index contributed by atoms with van der Waals surface area (Å²) >= 11 is 1.44. The van der Waals surface area contributed by atoms with Crippen LogP contribution in [0.1, 0.15) is 50.2 Å². The van der Waals surface area contributed by atoms with Crippen LogP contribution < -0.4 is 10.6 Å². The summed E-state index contributed by atoms with van der Waals surface area (Å²) in [6, 6.07) is 18.2. The molecule has 5 nitrogen and oxygen atoms in total. The largest absolute Gasteiger partial charge is 0.356 e. The smallest absolute Gasteiger partial charge is 0.233 e. The van der Waals surface area contributed by atoms with Crippen LogP contribution in [0.2, 0.25) is 0 Å². The highest BCUT2D eigenvalue weighted by atomic mass is 32.1. The van der Waals surface area contributed by atoms with E-state index in [1.807, 2.05) is 35.7 Å². The Hall–Kier alpha value is -2.99. The maximum atomic E-state index is 12.9. The zero-order valence-corrected chi connectivity index (χ0v) is 18.9. The Bertz CT molecular complexity index is 984. The molecule has 1 aromatic heterocycles. The lowest BCUT2D eigenvalue weighted by Crippen LogP contribution is -2.21. The first-order valence-corrected chi connectivity index (χ1v) is 11.6. The minimum Gasteiger partial charge on any atom is -0.356 e. The maximum Gasteiger partial charge on any atom is 0.233 e. The first-order chi connectivity index (χ1) is 15.1. The second-order valence-corrected chi connectivity index (χ2v) is 8.42. The van der Waals surface area contributed by atoms with Crippen molar-refractivity contribution in [2.75, 3.05) is 11.9 Å². The van der Waals surface area contributed by atoms with E-state index in [0.717, 1.165) is 42.5 Å². The summed E-state index contributed by atoms with van der Waals surface area (Å²) in [4.78, 5) is 28.4. The first-order valence-electron chi connectivity index (χ1n) is 10.7. The summed E-state index contributed by atoms with van der Waals surface area (Å²) in [5.41, 5.74) is 4.14. The van der Waals surface area contributed by atoms with Crippen molar-refractivity contribution in [1.82, 2.24) is 10.3 Å². The molecular formula is C25H29N3O2S. The molecule has 0 saturated carbocycles. The quantitative estimate of drug-likeness (QED) is 0.419. The Balaban J connectivity index is 1.60. The highest BCUT2D eigenvalue weighted by Crippen LogP contribution is 2.28. The van der Waals surface area contributed by atoms with Crippen LogP contribution in [-0.2, 0) is 16.0 Å². The first kappa shape index (κ1) is 22.7. The molecule has 0 aliphatic carbocycles. The molecule has 3 rings (SSSR count). The third-order valence-corrected chi connectivity index (χ3v) is 5.85. The number of aryl methyl sites for hydroxylation is 1. The van der Waals surface area contributed by atoms with Crippen molar-refractivity contribution in [3.63, 3.8) is 0 Å². The number of carbonyl (C=O) groups excluding carboxylic acids is 2. The van der Waals surface area contributed by atoms with E-state index in [1.165, 1.54) is 23.8 Å². The molecule has 162 valence electrons. The normalized spacial score (nSPS) is 11.7. The monoisotopic (exact) mass is 435 g/mol. The van der Waals surface area contributed by atoms with Gasteiger partial charge in [0.2, 0.25) is 11.8 Å². The van der Waals surface area contributed by atoms with Gasteiger partial charge < -0.3 is 10.6 Å². The Labute approximate surface area is 187 Å².